The van der Waals surface area contributed by atoms with Gasteiger partial charge in [0.1, 0.15) is 11.5 Å². The van der Waals surface area contributed by atoms with E-state index >= 15 is 0 Å². The lowest BCUT2D eigenvalue weighted by molar-refractivity contribution is -0.138. The number of aromatic nitrogens is 4. The highest BCUT2D eigenvalue weighted by Gasteiger charge is 2.35. The summed E-state index contributed by atoms with van der Waals surface area (Å²) in [5, 5.41) is 5.87. The molecule has 42 heavy (non-hydrogen) atoms. The summed E-state index contributed by atoms with van der Waals surface area (Å²) in [7, 11) is 0. The second-order valence-electron chi connectivity index (χ2n) is 9.72. The van der Waals surface area contributed by atoms with Gasteiger partial charge < -0.3 is 15.5 Å². The maximum atomic E-state index is 13.6. The Morgan fingerprint density at radius 3 is 2.29 bits per heavy atom. The van der Waals surface area contributed by atoms with E-state index in [0.29, 0.717) is 13.1 Å². The zero-order chi connectivity index (χ0) is 29.9. The number of piperidine rings is 1. The van der Waals surface area contributed by atoms with Gasteiger partial charge in [0, 0.05) is 25.0 Å². The van der Waals surface area contributed by atoms with E-state index in [-0.39, 0.29) is 34.1 Å². The van der Waals surface area contributed by atoms with E-state index in [0.717, 1.165) is 50.2 Å². The van der Waals surface area contributed by atoms with Gasteiger partial charge >= 0.3 is 12.4 Å². The zero-order valence-corrected chi connectivity index (χ0v) is 22.1. The number of benzene rings is 1. The number of anilines is 2. The van der Waals surface area contributed by atoms with Crippen molar-refractivity contribution in [3.05, 3.63) is 71.7 Å². The third kappa shape index (κ3) is 6.75. The summed E-state index contributed by atoms with van der Waals surface area (Å²) < 4.78 is 80.0. The van der Waals surface area contributed by atoms with E-state index in [1.165, 1.54) is 36.9 Å². The van der Waals surface area contributed by atoms with E-state index in [2.05, 4.69) is 35.5 Å². The highest BCUT2D eigenvalue weighted by molar-refractivity contribution is 5.96. The molecule has 0 atom stereocenters. The Balaban J connectivity index is 1.50. The maximum absolute atomic E-state index is 13.6. The molecular formula is C28H25F6N7O. The third-order valence-corrected chi connectivity index (χ3v) is 6.76. The molecule has 1 aliphatic rings. The van der Waals surface area contributed by atoms with Crippen molar-refractivity contribution in [3.63, 3.8) is 0 Å². The number of carbonyl (C=O) groups is 1. The first kappa shape index (κ1) is 29.2. The highest BCUT2D eigenvalue weighted by Crippen LogP contribution is 2.36. The van der Waals surface area contributed by atoms with Crippen LogP contribution in [0.2, 0.25) is 0 Å². The van der Waals surface area contributed by atoms with Crippen LogP contribution in [0.1, 0.15) is 41.0 Å². The van der Waals surface area contributed by atoms with Crippen LogP contribution in [-0.2, 0) is 12.4 Å². The van der Waals surface area contributed by atoms with Crippen LogP contribution in [0.3, 0.4) is 0 Å². The van der Waals surface area contributed by atoms with Gasteiger partial charge in [-0.2, -0.15) is 26.3 Å². The van der Waals surface area contributed by atoms with Gasteiger partial charge in [0.25, 0.3) is 5.91 Å². The molecule has 0 unspecified atom stereocenters. The molecule has 5 rings (SSSR count). The molecule has 14 heteroatoms. The molecule has 1 amide bonds. The van der Waals surface area contributed by atoms with E-state index < -0.39 is 35.1 Å². The summed E-state index contributed by atoms with van der Waals surface area (Å²) >= 11 is 0. The van der Waals surface area contributed by atoms with Crippen molar-refractivity contribution in [2.45, 2.75) is 31.6 Å². The molecule has 0 spiro atoms. The number of halogens is 6. The third-order valence-electron chi connectivity index (χ3n) is 6.76. The molecule has 220 valence electrons. The van der Waals surface area contributed by atoms with Crippen molar-refractivity contribution in [2.24, 2.45) is 0 Å². The van der Waals surface area contributed by atoms with Crippen molar-refractivity contribution in [3.8, 4) is 11.4 Å². The summed E-state index contributed by atoms with van der Waals surface area (Å²) in [5.74, 6) is -0.903. The molecule has 0 radical (unpaired) electrons. The minimum atomic E-state index is -4.69. The van der Waals surface area contributed by atoms with Crippen LogP contribution in [0, 0.1) is 0 Å². The van der Waals surface area contributed by atoms with Gasteiger partial charge in [0.05, 0.1) is 22.2 Å². The molecule has 4 aromatic rings. The monoisotopic (exact) mass is 589 g/mol. The molecule has 8 nitrogen and oxygen atoms in total. The molecule has 1 fully saturated rings. The summed E-state index contributed by atoms with van der Waals surface area (Å²) in [6.07, 6.45) is -4.68. The van der Waals surface area contributed by atoms with Crippen molar-refractivity contribution >= 4 is 28.4 Å². The smallest absolute Gasteiger partial charge is 0.348 e. The topological polar surface area (TPSA) is 95.9 Å². The van der Waals surface area contributed by atoms with Gasteiger partial charge in [0.2, 0.25) is 5.82 Å². The minimum absolute atomic E-state index is 0.0389. The van der Waals surface area contributed by atoms with Gasteiger partial charge in [0.15, 0.2) is 5.65 Å². The predicted octanol–water partition coefficient (Wildman–Crippen LogP) is 6.08. The Labute approximate surface area is 236 Å². The van der Waals surface area contributed by atoms with Gasteiger partial charge in [-0.1, -0.05) is 6.42 Å². The zero-order valence-electron chi connectivity index (χ0n) is 22.1. The first-order valence-corrected chi connectivity index (χ1v) is 13.2. The molecule has 2 N–H and O–H groups in total. The fraction of sp³-hybridized carbons (Fsp3) is 0.321. The number of hydrogen-bond donors (Lipinski definition) is 2. The predicted molar refractivity (Wildman–Crippen MR) is 143 cm³/mol. The van der Waals surface area contributed by atoms with Gasteiger partial charge in [-0.15, -0.1) is 0 Å². The van der Waals surface area contributed by atoms with Crippen LogP contribution < -0.4 is 10.6 Å². The van der Waals surface area contributed by atoms with E-state index in [9.17, 15) is 31.1 Å². The number of hydrogen-bond acceptors (Lipinski definition) is 7. The van der Waals surface area contributed by atoms with Crippen LogP contribution in [0.15, 0.2) is 54.7 Å². The Morgan fingerprint density at radius 2 is 1.60 bits per heavy atom. The quantitative estimate of drug-likeness (QED) is 0.252. The van der Waals surface area contributed by atoms with Crippen LogP contribution in [0.4, 0.5) is 37.8 Å². The SMILES string of the molecule is O=C(NCCN1CCCCC1)c1nc(Nc2ccc(C(F)(F)F)cc2)c2ccc(-c3ncccc3C(F)(F)F)nc2n1. The molecule has 1 aromatic carbocycles. The summed E-state index contributed by atoms with van der Waals surface area (Å²) in [6, 6.07) is 8.92. The normalized spacial score (nSPS) is 14.6. The molecule has 1 aliphatic heterocycles. The lowest BCUT2D eigenvalue weighted by atomic mass is 10.1. The van der Waals surface area contributed by atoms with E-state index in [4.69, 9.17) is 0 Å². The average Bonchev–Trinajstić information content (AvgIpc) is 2.96. The number of nitrogens with one attached hydrogen (secondary N) is 2. The average molecular weight is 590 g/mol. The number of amides is 1. The second kappa shape index (κ2) is 11.9. The van der Waals surface area contributed by atoms with Crippen LogP contribution >= 0.6 is 0 Å². The van der Waals surface area contributed by atoms with Crippen molar-refractivity contribution in [2.75, 3.05) is 31.5 Å². The molecular weight excluding hydrogens is 564 g/mol. The van der Waals surface area contributed by atoms with Crippen LogP contribution in [0.5, 0.6) is 0 Å². The number of carbonyl (C=O) groups excluding carboxylic acids is 1. The van der Waals surface area contributed by atoms with Crippen LogP contribution in [0.25, 0.3) is 22.4 Å². The van der Waals surface area contributed by atoms with Crippen molar-refractivity contribution in [1.29, 1.82) is 0 Å². The fourth-order valence-corrected chi connectivity index (χ4v) is 4.65. The number of alkyl halides is 6. The molecule has 3 aromatic heterocycles. The first-order chi connectivity index (χ1) is 20.0. The number of rotatable bonds is 7. The lowest BCUT2D eigenvalue weighted by Gasteiger charge is -2.26. The number of pyridine rings is 2. The molecule has 4 heterocycles. The second-order valence-corrected chi connectivity index (χ2v) is 9.72. The van der Waals surface area contributed by atoms with Crippen molar-refractivity contribution < 1.29 is 31.1 Å². The molecule has 0 saturated carbocycles. The highest BCUT2D eigenvalue weighted by atomic mass is 19.4. The van der Waals surface area contributed by atoms with Gasteiger partial charge in [-0.25, -0.2) is 15.0 Å². The van der Waals surface area contributed by atoms with E-state index in [1.807, 2.05) is 0 Å². The molecule has 1 saturated heterocycles. The van der Waals surface area contributed by atoms with Crippen LogP contribution in [-0.4, -0.2) is 56.9 Å². The Kier molecular flexibility index (Phi) is 8.25. The standard InChI is InChI=1S/C28H25F6N7O/c29-27(30,31)17-6-8-18(9-7-17)37-23-19-10-11-21(22-20(28(32,33)34)5-4-12-35-22)38-24(19)40-25(39-23)26(42)36-13-16-41-14-2-1-3-15-41/h4-12H,1-3,13-16H2,(H,36,42)(H,37,38,39,40). The number of nitrogens with zero attached hydrogens (tertiary/aromatic N) is 5. The Morgan fingerprint density at radius 1 is 0.857 bits per heavy atom. The summed E-state index contributed by atoms with van der Waals surface area (Å²) in [5.41, 5.74) is -2.27. The summed E-state index contributed by atoms with van der Waals surface area (Å²) in [6.45, 7) is 2.81. The number of likely N-dealkylation sites (tertiary alicyclic amines) is 1. The summed E-state index contributed by atoms with van der Waals surface area (Å²) in [4.78, 5) is 31.9. The van der Waals surface area contributed by atoms with Crippen molar-refractivity contribution in [1.82, 2.24) is 30.2 Å². The van der Waals surface area contributed by atoms with Gasteiger partial charge in [-0.05, 0) is 74.5 Å². The van der Waals surface area contributed by atoms with E-state index in [1.54, 1.807) is 0 Å². The lowest BCUT2D eigenvalue weighted by Crippen LogP contribution is -2.38. The Bertz CT molecular complexity index is 1570. The molecule has 0 bridgehead atoms. The first-order valence-electron chi connectivity index (χ1n) is 13.2. The molecule has 0 aliphatic carbocycles. The largest absolute Gasteiger partial charge is 0.418 e. The fourth-order valence-electron chi connectivity index (χ4n) is 4.65. The maximum Gasteiger partial charge on any atom is 0.418 e. The Hall–Kier alpha value is -4.33. The minimum Gasteiger partial charge on any atom is -0.348 e. The number of fused-ring (bicyclic) bond motifs is 1. The van der Waals surface area contributed by atoms with Gasteiger partial charge in [-0.3, -0.25) is 9.78 Å².